The van der Waals surface area contributed by atoms with Gasteiger partial charge in [0.05, 0.1) is 11.6 Å². The summed E-state index contributed by atoms with van der Waals surface area (Å²) in [6.45, 7) is 2.74. The average molecular weight is 254 g/mol. The first-order valence-electron chi connectivity index (χ1n) is 6.34. The molecule has 0 radical (unpaired) electrons. The molecule has 0 aromatic heterocycles. The molecule has 2 N–H and O–H groups in total. The van der Waals surface area contributed by atoms with E-state index >= 15 is 0 Å². The molecule has 1 fully saturated rings. The molecule has 94 valence electrons. The number of hydrogen-bond donors (Lipinski definition) is 1. The van der Waals surface area contributed by atoms with E-state index in [0.717, 1.165) is 17.9 Å². The molecule has 0 spiro atoms. The Labute approximate surface area is 108 Å². The first-order chi connectivity index (χ1) is 8.16. The lowest BCUT2D eigenvalue weighted by molar-refractivity contribution is 0.252. The Hall–Kier alpha value is -0.730. The lowest BCUT2D eigenvalue weighted by atomic mass is 10.1. The van der Waals surface area contributed by atoms with Gasteiger partial charge < -0.3 is 10.5 Å². The third-order valence-electron chi connectivity index (χ3n) is 3.43. The highest BCUT2D eigenvalue weighted by molar-refractivity contribution is 6.32. The zero-order chi connectivity index (χ0) is 12.3. The van der Waals surface area contributed by atoms with E-state index in [1.165, 1.54) is 25.7 Å². The molecule has 0 bridgehead atoms. The smallest absolute Gasteiger partial charge is 0.137 e. The average Bonchev–Trinajstić information content (AvgIpc) is 2.80. The van der Waals surface area contributed by atoms with Crippen LogP contribution in [0.1, 0.15) is 44.2 Å². The van der Waals surface area contributed by atoms with Gasteiger partial charge in [-0.15, -0.1) is 0 Å². The number of hydrogen-bond acceptors (Lipinski definition) is 2. The lowest BCUT2D eigenvalue weighted by Gasteiger charge is -2.14. The van der Waals surface area contributed by atoms with E-state index in [-0.39, 0.29) is 6.04 Å². The van der Waals surface area contributed by atoms with Crippen molar-refractivity contribution in [2.45, 2.75) is 38.6 Å². The second kappa shape index (κ2) is 5.74. The van der Waals surface area contributed by atoms with Crippen LogP contribution in [0.25, 0.3) is 0 Å². The Balaban J connectivity index is 1.96. The second-order valence-corrected chi connectivity index (χ2v) is 5.35. The van der Waals surface area contributed by atoms with Gasteiger partial charge in [-0.25, -0.2) is 0 Å². The highest BCUT2D eigenvalue weighted by Crippen LogP contribution is 2.30. The van der Waals surface area contributed by atoms with E-state index in [2.05, 4.69) is 0 Å². The SMILES string of the molecule is C[C@H](N)c1ccc(OCC2CCCC2)c(Cl)c1. The van der Waals surface area contributed by atoms with Crippen molar-refractivity contribution in [3.63, 3.8) is 0 Å². The molecule has 1 aliphatic carbocycles. The van der Waals surface area contributed by atoms with Gasteiger partial charge in [0.15, 0.2) is 0 Å². The molecule has 0 aliphatic heterocycles. The summed E-state index contributed by atoms with van der Waals surface area (Å²) in [7, 11) is 0. The van der Waals surface area contributed by atoms with Crippen molar-refractivity contribution in [2.24, 2.45) is 11.7 Å². The summed E-state index contributed by atoms with van der Waals surface area (Å²) in [5.74, 6) is 1.49. The van der Waals surface area contributed by atoms with Gasteiger partial charge in [0.1, 0.15) is 5.75 Å². The lowest BCUT2D eigenvalue weighted by Crippen LogP contribution is -2.09. The summed E-state index contributed by atoms with van der Waals surface area (Å²) < 4.78 is 5.78. The van der Waals surface area contributed by atoms with Crippen LogP contribution < -0.4 is 10.5 Å². The van der Waals surface area contributed by atoms with Crippen LogP contribution in [0.15, 0.2) is 18.2 Å². The highest BCUT2D eigenvalue weighted by atomic mass is 35.5. The van der Waals surface area contributed by atoms with E-state index in [1.54, 1.807) is 0 Å². The molecule has 0 heterocycles. The van der Waals surface area contributed by atoms with Gasteiger partial charge in [-0.2, -0.15) is 0 Å². The molecule has 0 saturated heterocycles. The Kier molecular flexibility index (Phi) is 4.30. The normalized spacial score (nSPS) is 18.3. The molecule has 1 aliphatic rings. The van der Waals surface area contributed by atoms with Crippen molar-refractivity contribution in [3.05, 3.63) is 28.8 Å². The molecule has 3 heteroatoms. The summed E-state index contributed by atoms with van der Waals surface area (Å²) >= 11 is 6.18. The van der Waals surface area contributed by atoms with Crippen molar-refractivity contribution >= 4 is 11.6 Å². The van der Waals surface area contributed by atoms with E-state index in [0.29, 0.717) is 10.9 Å². The molecular weight excluding hydrogens is 234 g/mol. The highest BCUT2D eigenvalue weighted by Gasteiger charge is 2.16. The fraction of sp³-hybridized carbons (Fsp3) is 0.571. The van der Waals surface area contributed by atoms with Crippen molar-refractivity contribution in [1.29, 1.82) is 0 Å². The predicted molar refractivity (Wildman–Crippen MR) is 71.5 cm³/mol. The number of halogens is 1. The third-order valence-corrected chi connectivity index (χ3v) is 3.73. The summed E-state index contributed by atoms with van der Waals surface area (Å²) in [4.78, 5) is 0. The zero-order valence-corrected chi connectivity index (χ0v) is 11.0. The predicted octanol–water partition coefficient (Wildman–Crippen LogP) is 3.93. The van der Waals surface area contributed by atoms with E-state index < -0.39 is 0 Å². The summed E-state index contributed by atoms with van der Waals surface area (Å²) in [5.41, 5.74) is 6.85. The monoisotopic (exact) mass is 253 g/mol. The molecule has 2 nitrogen and oxygen atoms in total. The molecular formula is C14H20ClNO. The maximum absolute atomic E-state index is 6.18. The Morgan fingerprint density at radius 1 is 1.41 bits per heavy atom. The number of ether oxygens (including phenoxy) is 1. The Morgan fingerprint density at radius 3 is 2.71 bits per heavy atom. The summed E-state index contributed by atoms with van der Waals surface area (Å²) in [6.07, 6.45) is 5.25. The van der Waals surface area contributed by atoms with Gasteiger partial charge >= 0.3 is 0 Å². The molecule has 1 saturated carbocycles. The van der Waals surface area contributed by atoms with Crippen LogP contribution in [-0.4, -0.2) is 6.61 Å². The van der Waals surface area contributed by atoms with Gasteiger partial charge in [0, 0.05) is 6.04 Å². The minimum absolute atomic E-state index is 0.0105. The maximum Gasteiger partial charge on any atom is 0.137 e. The van der Waals surface area contributed by atoms with Crippen LogP contribution in [0.3, 0.4) is 0 Å². The molecule has 0 unspecified atom stereocenters. The van der Waals surface area contributed by atoms with Crippen LogP contribution in [0, 0.1) is 5.92 Å². The topological polar surface area (TPSA) is 35.2 Å². The summed E-state index contributed by atoms with van der Waals surface area (Å²) in [5, 5.41) is 0.665. The van der Waals surface area contributed by atoms with E-state index in [9.17, 15) is 0 Å². The van der Waals surface area contributed by atoms with Crippen molar-refractivity contribution < 1.29 is 4.74 Å². The fourth-order valence-electron chi connectivity index (χ4n) is 2.30. The molecule has 1 aromatic rings. The Bertz CT molecular complexity index is 372. The van der Waals surface area contributed by atoms with Gasteiger partial charge in [0.2, 0.25) is 0 Å². The molecule has 2 rings (SSSR count). The van der Waals surface area contributed by atoms with E-state index in [1.807, 2.05) is 25.1 Å². The maximum atomic E-state index is 6.18. The second-order valence-electron chi connectivity index (χ2n) is 4.94. The van der Waals surface area contributed by atoms with Gasteiger partial charge in [-0.3, -0.25) is 0 Å². The van der Waals surface area contributed by atoms with Crippen LogP contribution in [0.2, 0.25) is 5.02 Å². The van der Waals surface area contributed by atoms with Crippen LogP contribution >= 0.6 is 11.6 Å². The van der Waals surface area contributed by atoms with Gasteiger partial charge in [-0.05, 0) is 43.4 Å². The zero-order valence-electron chi connectivity index (χ0n) is 10.3. The first-order valence-corrected chi connectivity index (χ1v) is 6.72. The molecule has 17 heavy (non-hydrogen) atoms. The quantitative estimate of drug-likeness (QED) is 0.883. The van der Waals surface area contributed by atoms with Crippen molar-refractivity contribution in [1.82, 2.24) is 0 Å². The van der Waals surface area contributed by atoms with Gasteiger partial charge in [-0.1, -0.05) is 30.5 Å². The first kappa shape index (κ1) is 12.7. The van der Waals surface area contributed by atoms with Gasteiger partial charge in [0.25, 0.3) is 0 Å². The Morgan fingerprint density at radius 2 is 2.12 bits per heavy atom. The van der Waals surface area contributed by atoms with E-state index in [4.69, 9.17) is 22.1 Å². The number of rotatable bonds is 4. The van der Waals surface area contributed by atoms with Crippen molar-refractivity contribution in [3.8, 4) is 5.75 Å². The van der Waals surface area contributed by atoms with Crippen molar-refractivity contribution in [2.75, 3.05) is 6.61 Å². The minimum atomic E-state index is 0.0105. The molecule has 1 atom stereocenters. The van der Waals surface area contributed by atoms with Crippen LogP contribution in [0.5, 0.6) is 5.75 Å². The number of nitrogens with two attached hydrogens (primary N) is 1. The fourth-order valence-corrected chi connectivity index (χ4v) is 2.55. The van der Waals surface area contributed by atoms with Crippen LogP contribution in [0.4, 0.5) is 0 Å². The summed E-state index contributed by atoms with van der Waals surface area (Å²) in [6, 6.07) is 5.82. The number of benzene rings is 1. The largest absolute Gasteiger partial charge is 0.492 e. The standard InChI is InChI=1S/C14H20ClNO/c1-10(16)12-6-7-14(13(15)8-12)17-9-11-4-2-3-5-11/h6-8,10-11H,2-5,9,16H2,1H3/t10-/m0/s1. The van der Waals surface area contributed by atoms with Crippen LogP contribution in [-0.2, 0) is 0 Å². The minimum Gasteiger partial charge on any atom is -0.492 e. The molecule has 1 aromatic carbocycles. The third kappa shape index (κ3) is 3.36. The molecule has 0 amide bonds.